The van der Waals surface area contributed by atoms with Crippen LogP contribution in [0.4, 0.5) is 0 Å². The van der Waals surface area contributed by atoms with E-state index in [2.05, 4.69) is 54.7 Å². The van der Waals surface area contributed by atoms with Gasteiger partial charge in [0.1, 0.15) is 0 Å². The molecule has 3 aromatic rings. The van der Waals surface area contributed by atoms with Crippen LogP contribution in [0.15, 0.2) is 36.5 Å². The monoisotopic (exact) mass is 289 g/mol. The Kier molecular flexibility index (Phi) is 2.13. The molecule has 0 spiro atoms. The van der Waals surface area contributed by atoms with E-state index < -0.39 is 0 Å². The number of aryl methyl sites for hydroxylation is 1. The van der Waals surface area contributed by atoms with Gasteiger partial charge in [-0.05, 0) is 42.7 Å². The standard InChI is InChI=1S/C19H19N3/c1-11-16-15(10-13-17(16)19(13,2)3)22(21-11)14-8-4-6-12-7-5-9-20-18(12)14/h4-9,13,17H,10H2,1-3H3. The first-order valence-electron chi connectivity index (χ1n) is 8.01. The van der Waals surface area contributed by atoms with Gasteiger partial charge in [-0.3, -0.25) is 4.98 Å². The summed E-state index contributed by atoms with van der Waals surface area (Å²) in [6.45, 7) is 6.94. The van der Waals surface area contributed by atoms with Crippen LogP contribution in [0.2, 0.25) is 0 Å². The third kappa shape index (κ3) is 1.37. The van der Waals surface area contributed by atoms with Gasteiger partial charge in [-0.2, -0.15) is 5.10 Å². The van der Waals surface area contributed by atoms with Gasteiger partial charge in [0.25, 0.3) is 0 Å². The highest BCUT2D eigenvalue weighted by Gasteiger charge is 2.63. The highest BCUT2D eigenvalue weighted by Crippen LogP contribution is 2.70. The average Bonchev–Trinajstić information content (AvgIpc) is 2.85. The van der Waals surface area contributed by atoms with Crippen LogP contribution >= 0.6 is 0 Å². The molecule has 2 unspecified atom stereocenters. The molecule has 3 heteroatoms. The minimum atomic E-state index is 0.461. The van der Waals surface area contributed by atoms with E-state index in [0.29, 0.717) is 11.3 Å². The molecule has 0 bridgehead atoms. The first-order valence-corrected chi connectivity index (χ1v) is 8.01. The van der Waals surface area contributed by atoms with Crippen molar-refractivity contribution in [2.45, 2.75) is 33.1 Å². The number of aromatic nitrogens is 3. The van der Waals surface area contributed by atoms with Crippen molar-refractivity contribution >= 4 is 10.9 Å². The molecule has 2 heterocycles. The molecule has 0 N–H and O–H groups in total. The maximum Gasteiger partial charge on any atom is 0.0959 e. The number of nitrogens with zero attached hydrogens (tertiary/aromatic N) is 3. The van der Waals surface area contributed by atoms with Crippen molar-refractivity contribution in [1.82, 2.24) is 14.8 Å². The summed E-state index contributed by atoms with van der Waals surface area (Å²) in [5.74, 6) is 1.51. The van der Waals surface area contributed by atoms with Crippen molar-refractivity contribution in [3.05, 3.63) is 53.5 Å². The highest BCUT2D eigenvalue weighted by molar-refractivity contribution is 5.86. The van der Waals surface area contributed by atoms with E-state index in [4.69, 9.17) is 5.10 Å². The molecular formula is C19H19N3. The number of para-hydroxylation sites is 1. The van der Waals surface area contributed by atoms with Crippen molar-refractivity contribution in [2.24, 2.45) is 11.3 Å². The zero-order chi connectivity index (χ0) is 15.1. The summed E-state index contributed by atoms with van der Waals surface area (Å²) in [5.41, 5.74) is 6.72. The number of hydrogen-bond acceptors (Lipinski definition) is 2. The summed E-state index contributed by atoms with van der Waals surface area (Å²) in [6.07, 6.45) is 3.01. The van der Waals surface area contributed by atoms with Crippen LogP contribution in [0.3, 0.4) is 0 Å². The fraction of sp³-hybridized carbons (Fsp3) is 0.368. The highest BCUT2D eigenvalue weighted by atomic mass is 15.3. The van der Waals surface area contributed by atoms with E-state index in [0.717, 1.165) is 23.5 Å². The molecule has 1 saturated carbocycles. The smallest absolute Gasteiger partial charge is 0.0959 e. The van der Waals surface area contributed by atoms with Gasteiger partial charge in [0.2, 0.25) is 0 Å². The first-order chi connectivity index (χ1) is 10.6. The van der Waals surface area contributed by atoms with E-state index in [-0.39, 0.29) is 0 Å². The topological polar surface area (TPSA) is 30.7 Å². The third-order valence-corrected chi connectivity index (χ3v) is 5.82. The van der Waals surface area contributed by atoms with Crippen LogP contribution in [0.1, 0.15) is 36.7 Å². The van der Waals surface area contributed by atoms with Crippen LogP contribution in [-0.2, 0) is 6.42 Å². The van der Waals surface area contributed by atoms with Gasteiger partial charge in [0, 0.05) is 22.8 Å². The number of benzene rings is 1. The van der Waals surface area contributed by atoms with E-state index in [1.165, 1.54) is 22.3 Å². The maximum absolute atomic E-state index is 4.87. The second kappa shape index (κ2) is 3.78. The molecule has 0 radical (unpaired) electrons. The lowest BCUT2D eigenvalue weighted by atomic mass is 9.98. The van der Waals surface area contributed by atoms with Gasteiger partial charge in [0.05, 0.1) is 16.9 Å². The predicted molar refractivity (Wildman–Crippen MR) is 87.3 cm³/mol. The minimum absolute atomic E-state index is 0.461. The van der Waals surface area contributed by atoms with Crippen LogP contribution in [0.25, 0.3) is 16.6 Å². The summed E-state index contributed by atoms with van der Waals surface area (Å²) in [6, 6.07) is 10.5. The Bertz CT molecular complexity index is 914. The molecule has 110 valence electrons. The van der Waals surface area contributed by atoms with Crippen LogP contribution in [0.5, 0.6) is 0 Å². The van der Waals surface area contributed by atoms with Crippen molar-refractivity contribution in [3.8, 4) is 5.69 Å². The molecule has 5 rings (SSSR count). The number of fused-ring (bicyclic) bond motifs is 4. The van der Waals surface area contributed by atoms with Gasteiger partial charge < -0.3 is 0 Å². The quantitative estimate of drug-likeness (QED) is 0.677. The molecule has 2 aliphatic rings. The molecule has 1 fully saturated rings. The summed E-state index contributed by atoms with van der Waals surface area (Å²) >= 11 is 0. The van der Waals surface area contributed by atoms with Crippen molar-refractivity contribution < 1.29 is 0 Å². The van der Waals surface area contributed by atoms with E-state index in [1.807, 2.05) is 12.3 Å². The Morgan fingerprint density at radius 2 is 2.00 bits per heavy atom. The number of rotatable bonds is 1. The lowest BCUT2D eigenvalue weighted by Gasteiger charge is -2.12. The molecule has 0 aliphatic heterocycles. The Hall–Kier alpha value is -2.16. The molecule has 1 aromatic carbocycles. The van der Waals surface area contributed by atoms with E-state index >= 15 is 0 Å². The Morgan fingerprint density at radius 1 is 1.18 bits per heavy atom. The van der Waals surface area contributed by atoms with Gasteiger partial charge in [0.15, 0.2) is 0 Å². The minimum Gasteiger partial charge on any atom is -0.254 e. The Balaban J connectivity index is 1.75. The fourth-order valence-corrected chi connectivity index (χ4v) is 4.55. The molecular weight excluding hydrogens is 270 g/mol. The van der Waals surface area contributed by atoms with Gasteiger partial charge >= 0.3 is 0 Å². The summed E-state index contributed by atoms with van der Waals surface area (Å²) in [5, 5.41) is 6.04. The Labute approximate surface area is 130 Å². The zero-order valence-corrected chi connectivity index (χ0v) is 13.2. The predicted octanol–water partition coefficient (Wildman–Crippen LogP) is 4.02. The van der Waals surface area contributed by atoms with Crippen molar-refractivity contribution in [2.75, 3.05) is 0 Å². The summed E-state index contributed by atoms with van der Waals surface area (Å²) < 4.78 is 2.15. The normalized spacial score (nSPS) is 24.3. The SMILES string of the molecule is Cc1nn(-c2cccc3cccnc23)c2c1C1C(C2)C1(C)C. The van der Waals surface area contributed by atoms with Gasteiger partial charge in [-0.1, -0.05) is 32.0 Å². The molecule has 0 amide bonds. The second-order valence-corrected chi connectivity index (χ2v) is 7.32. The lowest BCUT2D eigenvalue weighted by molar-refractivity contribution is 0.533. The molecule has 2 aliphatic carbocycles. The van der Waals surface area contributed by atoms with Crippen LogP contribution in [0, 0.1) is 18.3 Å². The zero-order valence-electron chi connectivity index (χ0n) is 13.2. The largest absolute Gasteiger partial charge is 0.254 e. The summed E-state index contributed by atoms with van der Waals surface area (Å²) in [4.78, 5) is 4.59. The second-order valence-electron chi connectivity index (χ2n) is 7.32. The van der Waals surface area contributed by atoms with Gasteiger partial charge in [-0.15, -0.1) is 0 Å². The molecule has 0 saturated heterocycles. The number of hydrogen-bond donors (Lipinski definition) is 0. The summed E-state index contributed by atoms with van der Waals surface area (Å²) in [7, 11) is 0. The molecule has 22 heavy (non-hydrogen) atoms. The Morgan fingerprint density at radius 3 is 2.86 bits per heavy atom. The fourth-order valence-electron chi connectivity index (χ4n) is 4.55. The van der Waals surface area contributed by atoms with E-state index in [1.54, 1.807) is 0 Å². The third-order valence-electron chi connectivity index (χ3n) is 5.82. The average molecular weight is 289 g/mol. The lowest BCUT2D eigenvalue weighted by Crippen LogP contribution is -2.07. The van der Waals surface area contributed by atoms with Crippen molar-refractivity contribution in [3.63, 3.8) is 0 Å². The maximum atomic E-state index is 4.87. The molecule has 2 aromatic heterocycles. The van der Waals surface area contributed by atoms with Gasteiger partial charge in [-0.25, -0.2) is 4.68 Å². The van der Waals surface area contributed by atoms with E-state index in [9.17, 15) is 0 Å². The van der Waals surface area contributed by atoms with Crippen LogP contribution < -0.4 is 0 Å². The molecule has 2 atom stereocenters. The first kappa shape index (κ1) is 12.4. The molecule has 3 nitrogen and oxygen atoms in total. The van der Waals surface area contributed by atoms with Crippen molar-refractivity contribution in [1.29, 1.82) is 0 Å². The van der Waals surface area contributed by atoms with Crippen LogP contribution in [-0.4, -0.2) is 14.8 Å². The number of pyridine rings is 1.